The van der Waals surface area contributed by atoms with Crippen LogP contribution in [-0.4, -0.2) is 0 Å². The summed E-state index contributed by atoms with van der Waals surface area (Å²) in [6.07, 6.45) is 0. The van der Waals surface area contributed by atoms with E-state index in [9.17, 15) is 0 Å². The van der Waals surface area contributed by atoms with Gasteiger partial charge >= 0.3 is 0 Å². The van der Waals surface area contributed by atoms with E-state index in [1.807, 2.05) is 11.3 Å². The van der Waals surface area contributed by atoms with Crippen molar-refractivity contribution in [2.45, 2.75) is 0 Å². The molecule has 0 bridgehead atoms. The van der Waals surface area contributed by atoms with E-state index < -0.39 is 0 Å². The van der Waals surface area contributed by atoms with Crippen molar-refractivity contribution in [1.29, 1.82) is 0 Å². The van der Waals surface area contributed by atoms with E-state index in [0.29, 0.717) is 0 Å². The molecule has 0 nitrogen and oxygen atoms in total. The molecule has 0 spiro atoms. The van der Waals surface area contributed by atoms with E-state index in [1.54, 1.807) is 0 Å². The van der Waals surface area contributed by atoms with Crippen LogP contribution in [0.1, 0.15) is 0 Å². The largest absolute Gasteiger partial charge is 0.135 e. The molecule has 0 amide bonds. The zero-order valence-electron chi connectivity index (χ0n) is 21.3. The predicted molar refractivity (Wildman–Crippen MR) is 171 cm³/mol. The van der Waals surface area contributed by atoms with Gasteiger partial charge in [0.15, 0.2) is 0 Å². The Bertz CT molecular complexity index is 2110. The van der Waals surface area contributed by atoms with Gasteiger partial charge in [0.25, 0.3) is 0 Å². The predicted octanol–water partition coefficient (Wildman–Crippen LogP) is 11.4. The summed E-state index contributed by atoms with van der Waals surface area (Å²) in [5, 5.41) is 7.81. The highest BCUT2D eigenvalue weighted by molar-refractivity contribution is 7.25. The Balaban J connectivity index is 1.44. The van der Waals surface area contributed by atoms with E-state index in [4.69, 9.17) is 0 Å². The number of benzene rings is 7. The summed E-state index contributed by atoms with van der Waals surface area (Å²) in [6.45, 7) is 0. The van der Waals surface area contributed by atoms with E-state index in [0.717, 1.165) is 0 Å². The summed E-state index contributed by atoms with van der Waals surface area (Å²) in [4.78, 5) is 0. The molecule has 182 valence electrons. The Morgan fingerprint density at radius 2 is 0.769 bits per heavy atom. The minimum absolute atomic E-state index is 1.24. The van der Waals surface area contributed by atoms with Crippen molar-refractivity contribution in [1.82, 2.24) is 0 Å². The molecule has 0 aliphatic carbocycles. The molecule has 8 rings (SSSR count). The Kier molecular flexibility index (Phi) is 5.11. The second-order valence-corrected chi connectivity index (χ2v) is 11.2. The fourth-order valence-electron chi connectivity index (χ4n) is 6.12. The maximum absolute atomic E-state index is 2.40. The lowest BCUT2D eigenvalue weighted by molar-refractivity contribution is 1.61. The summed E-state index contributed by atoms with van der Waals surface area (Å²) in [6, 6.07) is 53.2. The SMILES string of the molecule is c1ccc(-c2cccc(-c3c4ccccc4c(-c4ccc5sc6ccccc6c5c4)c4ccccc34)c2)cc1. The first-order chi connectivity index (χ1) is 19.3. The van der Waals surface area contributed by atoms with Gasteiger partial charge in [-0.25, -0.2) is 0 Å². The van der Waals surface area contributed by atoms with Gasteiger partial charge in [0, 0.05) is 20.2 Å². The molecular formula is C38H24S. The van der Waals surface area contributed by atoms with E-state index in [-0.39, 0.29) is 0 Å². The van der Waals surface area contributed by atoms with E-state index in [2.05, 4.69) is 146 Å². The lowest BCUT2D eigenvalue weighted by Crippen LogP contribution is -1.91. The number of thiophene rings is 1. The fourth-order valence-corrected chi connectivity index (χ4v) is 7.20. The molecule has 7 aromatic carbocycles. The molecule has 0 radical (unpaired) electrons. The third-order valence-electron chi connectivity index (χ3n) is 7.86. The molecule has 0 aliphatic heterocycles. The zero-order valence-corrected chi connectivity index (χ0v) is 22.1. The van der Waals surface area contributed by atoms with Crippen molar-refractivity contribution in [2.24, 2.45) is 0 Å². The third-order valence-corrected chi connectivity index (χ3v) is 9.01. The monoisotopic (exact) mass is 512 g/mol. The van der Waals surface area contributed by atoms with Gasteiger partial charge in [-0.1, -0.05) is 121 Å². The average Bonchev–Trinajstić information content (AvgIpc) is 3.38. The fraction of sp³-hybridized carbons (Fsp3) is 0. The standard InChI is InChI=1S/C38H24S/c1-2-11-25(12-3-1)26-13-10-14-27(23-26)37-30-16-4-6-18-32(30)38(33-19-7-5-17-31(33)37)28-21-22-36-34(24-28)29-15-8-9-20-35(29)39-36/h1-24H. The highest BCUT2D eigenvalue weighted by atomic mass is 32.1. The second-order valence-electron chi connectivity index (χ2n) is 10.1. The van der Waals surface area contributed by atoms with Crippen molar-refractivity contribution in [3.63, 3.8) is 0 Å². The summed E-state index contributed by atoms with van der Waals surface area (Å²) < 4.78 is 2.68. The summed E-state index contributed by atoms with van der Waals surface area (Å²) in [7, 11) is 0. The Labute approximate surface area is 231 Å². The quantitative estimate of drug-likeness (QED) is 0.207. The lowest BCUT2D eigenvalue weighted by Gasteiger charge is -2.18. The van der Waals surface area contributed by atoms with Gasteiger partial charge in [-0.3, -0.25) is 0 Å². The van der Waals surface area contributed by atoms with Crippen LogP contribution in [0.5, 0.6) is 0 Å². The maximum atomic E-state index is 2.40. The maximum Gasteiger partial charge on any atom is 0.0355 e. The first kappa shape index (κ1) is 22.3. The molecule has 1 heteroatoms. The van der Waals surface area contributed by atoms with Crippen LogP contribution in [0.15, 0.2) is 146 Å². The van der Waals surface area contributed by atoms with Crippen LogP contribution in [-0.2, 0) is 0 Å². The molecular weight excluding hydrogens is 488 g/mol. The summed E-state index contributed by atoms with van der Waals surface area (Å²) >= 11 is 1.87. The molecule has 1 heterocycles. The summed E-state index contributed by atoms with van der Waals surface area (Å²) in [5.41, 5.74) is 7.59. The smallest absolute Gasteiger partial charge is 0.0355 e. The summed E-state index contributed by atoms with van der Waals surface area (Å²) in [5.74, 6) is 0. The molecule has 39 heavy (non-hydrogen) atoms. The molecule has 0 atom stereocenters. The van der Waals surface area contributed by atoms with Crippen molar-refractivity contribution in [2.75, 3.05) is 0 Å². The number of hydrogen-bond acceptors (Lipinski definition) is 1. The van der Waals surface area contributed by atoms with Crippen molar-refractivity contribution in [3.8, 4) is 33.4 Å². The topological polar surface area (TPSA) is 0 Å². The molecule has 0 unspecified atom stereocenters. The van der Waals surface area contributed by atoms with Gasteiger partial charge in [0.2, 0.25) is 0 Å². The second kappa shape index (κ2) is 8.94. The average molecular weight is 513 g/mol. The molecule has 0 N–H and O–H groups in total. The van der Waals surface area contributed by atoms with Crippen LogP contribution >= 0.6 is 11.3 Å². The van der Waals surface area contributed by atoms with Crippen LogP contribution in [0, 0.1) is 0 Å². The zero-order chi connectivity index (χ0) is 25.8. The van der Waals surface area contributed by atoms with Crippen molar-refractivity contribution < 1.29 is 0 Å². The normalized spacial score (nSPS) is 11.6. The Morgan fingerprint density at radius 3 is 1.44 bits per heavy atom. The van der Waals surface area contributed by atoms with Crippen LogP contribution in [0.4, 0.5) is 0 Å². The van der Waals surface area contributed by atoms with Crippen molar-refractivity contribution in [3.05, 3.63) is 146 Å². The van der Waals surface area contributed by atoms with Crippen LogP contribution in [0.2, 0.25) is 0 Å². The minimum atomic E-state index is 1.24. The third kappa shape index (κ3) is 3.59. The van der Waals surface area contributed by atoms with Crippen LogP contribution in [0.3, 0.4) is 0 Å². The van der Waals surface area contributed by atoms with Gasteiger partial charge in [-0.2, -0.15) is 0 Å². The van der Waals surface area contributed by atoms with E-state index in [1.165, 1.54) is 75.1 Å². The number of fused-ring (bicyclic) bond motifs is 5. The number of hydrogen-bond donors (Lipinski definition) is 0. The molecule has 0 fully saturated rings. The first-order valence-electron chi connectivity index (χ1n) is 13.4. The Morgan fingerprint density at radius 1 is 0.282 bits per heavy atom. The molecule has 0 saturated carbocycles. The molecule has 8 aromatic rings. The molecule has 0 saturated heterocycles. The van der Waals surface area contributed by atoms with E-state index >= 15 is 0 Å². The first-order valence-corrected chi connectivity index (χ1v) is 14.2. The van der Waals surface area contributed by atoms with Crippen LogP contribution < -0.4 is 0 Å². The van der Waals surface area contributed by atoms with Crippen molar-refractivity contribution >= 4 is 53.1 Å². The van der Waals surface area contributed by atoms with Gasteiger partial charge < -0.3 is 0 Å². The number of rotatable bonds is 3. The minimum Gasteiger partial charge on any atom is -0.135 e. The van der Waals surface area contributed by atoms with Gasteiger partial charge in [0.05, 0.1) is 0 Å². The lowest BCUT2D eigenvalue weighted by atomic mass is 9.85. The van der Waals surface area contributed by atoms with Gasteiger partial charge in [-0.15, -0.1) is 11.3 Å². The highest BCUT2D eigenvalue weighted by Gasteiger charge is 2.17. The molecule has 1 aromatic heterocycles. The highest BCUT2D eigenvalue weighted by Crippen LogP contribution is 2.45. The van der Waals surface area contributed by atoms with Gasteiger partial charge in [0.1, 0.15) is 0 Å². The Hall–Kier alpha value is -4.72. The van der Waals surface area contributed by atoms with Crippen LogP contribution in [0.25, 0.3) is 75.1 Å². The molecule has 0 aliphatic rings. The van der Waals surface area contributed by atoms with Gasteiger partial charge in [-0.05, 0) is 79.2 Å².